The highest BCUT2D eigenvalue weighted by molar-refractivity contribution is 5.01. The van der Waals surface area contributed by atoms with E-state index < -0.39 is 0 Å². The maximum atomic E-state index is 2.45. The van der Waals surface area contributed by atoms with E-state index in [0.717, 1.165) is 11.8 Å². The summed E-state index contributed by atoms with van der Waals surface area (Å²) < 4.78 is 0. The molecule has 0 amide bonds. The van der Waals surface area contributed by atoms with Crippen molar-refractivity contribution >= 4 is 0 Å². The Bertz CT molecular complexity index is 161. The van der Waals surface area contributed by atoms with Crippen LogP contribution in [0.1, 0.15) is 54.4 Å². The first-order valence-corrected chi connectivity index (χ1v) is 5.26. The molecule has 0 saturated heterocycles. The lowest BCUT2D eigenvalue weighted by atomic mass is 9.84. The van der Waals surface area contributed by atoms with E-state index in [1.807, 2.05) is 0 Å². The van der Waals surface area contributed by atoms with E-state index in [1.165, 1.54) is 12.8 Å². The fourth-order valence-corrected chi connectivity index (χ4v) is 2.22. The highest BCUT2D eigenvalue weighted by Crippen LogP contribution is 2.61. The largest absolute Gasteiger partial charge is 0.0622 e. The molecule has 0 bridgehead atoms. The van der Waals surface area contributed by atoms with Crippen molar-refractivity contribution in [2.45, 2.75) is 54.4 Å². The van der Waals surface area contributed by atoms with Gasteiger partial charge in [0.15, 0.2) is 0 Å². The van der Waals surface area contributed by atoms with Crippen LogP contribution in [0.15, 0.2) is 0 Å². The molecule has 0 aromatic heterocycles. The Morgan fingerprint density at radius 3 is 2.08 bits per heavy atom. The van der Waals surface area contributed by atoms with Gasteiger partial charge in [-0.1, -0.05) is 41.5 Å². The summed E-state index contributed by atoms with van der Waals surface area (Å²) >= 11 is 0. The summed E-state index contributed by atoms with van der Waals surface area (Å²) in [6.45, 7) is 14.2. The van der Waals surface area contributed by atoms with Gasteiger partial charge < -0.3 is 0 Å². The van der Waals surface area contributed by atoms with Crippen LogP contribution in [0.2, 0.25) is 0 Å². The van der Waals surface area contributed by atoms with Crippen LogP contribution in [-0.2, 0) is 0 Å². The lowest BCUT2D eigenvalue weighted by molar-refractivity contribution is 0.283. The van der Waals surface area contributed by atoms with Crippen LogP contribution < -0.4 is 0 Å². The zero-order chi connectivity index (χ0) is 9.57. The van der Waals surface area contributed by atoms with Gasteiger partial charge in [0.05, 0.1) is 0 Å². The molecule has 0 heteroatoms. The molecule has 0 aliphatic heterocycles. The Morgan fingerprint density at radius 1 is 1.33 bits per heavy atom. The van der Waals surface area contributed by atoms with Gasteiger partial charge in [0.25, 0.3) is 0 Å². The van der Waals surface area contributed by atoms with E-state index in [0.29, 0.717) is 10.8 Å². The molecule has 0 aromatic rings. The summed E-state index contributed by atoms with van der Waals surface area (Å²) in [5.41, 5.74) is 1.20. The lowest BCUT2D eigenvalue weighted by Crippen LogP contribution is -2.12. The van der Waals surface area contributed by atoms with Gasteiger partial charge in [-0.3, -0.25) is 0 Å². The first-order chi connectivity index (χ1) is 5.26. The molecule has 0 spiro atoms. The molecular formula is C12H24. The summed E-state index contributed by atoms with van der Waals surface area (Å²) in [5.74, 6) is 1.86. The van der Waals surface area contributed by atoms with Gasteiger partial charge >= 0.3 is 0 Å². The van der Waals surface area contributed by atoms with Crippen molar-refractivity contribution in [1.29, 1.82) is 0 Å². The third kappa shape index (κ3) is 2.02. The zero-order valence-corrected chi connectivity index (χ0v) is 9.57. The molecule has 72 valence electrons. The molecule has 12 heavy (non-hydrogen) atoms. The van der Waals surface area contributed by atoms with Gasteiger partial charge in [-0.05, 0) is 35.5 Å². The topological polar surface area (TPSA) is 0 Å². The predicted molar refractivity (Wildman–Crippen MR) is 55.1 cm³/mol. The summed E-state index contributed by atoms with van der Waals surface area (Å²) in [7, 11) is 0. The van der Waals surface area contributed by atoms with Crippen molar-refractivity contribution in [1.82, 2.24) is 0 Å². The molecule has 0 aromatic carbocycles. The molecule has 2 unspecified atom stereocenters. The Morgan fingerprint density at radius 2 is 1.83 bits per heavy atom. The fraction of sp³-hybridized carbons (Fsp3) is 1.00. The molecule has 1 saturated carbocycles. The van der Waals surface area contributed by atoms with Crippen LogP contribution in [0, 0.1) is 22.7 Å². The molecule has 1 aliphatic carbocycles. The maximum absolute atomic E-state index is 2.45. The van der Waals surface area contributed by atoms with Crippen molar-refractivity contribution < 1.29 is 0 Å². The quantitative estimate of drug-likeness (QED) is 0.582. The minimum atomic E-state index is 0.525. The van der Waals surface area contributed by atoms with Gasteiger partial charge in [-0.2, -0.15) is 0 Å². The molecule has 2 atom stereocenters. The van der Waals surface area contributed by atoms with Crippen LogP contribution in [-0.4, -0.2) is 0 Å². The third-order valence-corrected chi connectivity index (χ3v) is 3.64. The van der Waals surface area contributed by atoms with Crippen LogP contribution >= 0.6 is 0 Å². The monoisotopic (exact) mass is 168 g/mol. The van der Waals surface area contributed by atoms with Gasteiger partial charge in [-0.25, -0.2) is 0 Å². The van der Waals surface area contributed by atoms with Crippen LogP contribution in [0.5, 0.6) is 0 Å². The Hall–Kier alpha value is 0. The van der Waals surface area contributed by atoms with Crippen LogP contribution in [0.25, 0.3) is 0 Å². The number of hydrogen-bond donors (Lipinski definition) is 0. The van der Waals surface area contributed by atoms with E-state index in [2.05, 4.69) is 41.5 Å². The van der Waals surface area contributed by atoms with Gasteiger partial charge in [-0.15, -0.1) is 0 Å². The molecule has 1 rings (SSSR count). The Balaban J connectivity index is 2.42. The van der Waals surface area contributed by atoms with Gasteiger partial charge in [0.1, 0.15) is 0 Å². The van der Waals surface area contributed by atoms with E-state index >= 15 is 0 Å². The maximum Gasteiger partial charge on any atom is -0.0271 e. The highest BCUT2D eigenvalue weighted by atomic mass is 14.6. The molecule has 0 nitrogen and oxygen atoms in total. The second-order valence-electron chi connectivity index (χ2n) is 6.33. The average Bonchev–Trinajstić information content (AvgIpc) is 2.38. The molecule has 0 radical (unpaired) electrons. The Kier molecular flexibility index (Phi) is 2.31. The van der Waals surface area contributed by atoms with E-state index in [4.69, 9.17) is 0 Å². The molecule has 0 heterocycles. The van der Waals surface area contributed by atoms with Crippen molar-refractivity contribution in [3.8, 4) is 0 Å². The van der Waals surface area contributed by atoms with Gasteiger partial charge in [0, 0.05) is 0 Å². The van der Waals surface area contributed by atoms with Crippen molar-refractivity contribution in [3.63, 3.8) is 0 Å². The fourth-order valence-electron chi connectivity index (χ4n) is 2.22. The second-order valence-corrected chi connectivity index (χ2v) is 6.33. The average molecular weight is 168 g/mol. The highest BCUT2D eigenvalue weighted by Gasteiger charge is 2.52. The lowest BCUT2D eigenvalue weighted by Gasteiger charge is -2.22. The van der Waals surface area contributed by atoms with Crippen LogP contribution in [0.4, 0.5) is 0 Å². The summed E-state index contributed by atoms with van der Waals surface area (Å²) in [6.07, 6.45) is 2.86. The molecule has 1 aliphatic rings. The first-order valence-electron chi connectivity index (χ1n) is 5.26. The van der Waals surface area contributed by atoms with E-state index in [-0.39, 0.29) is 0 Å². The first kappa shape index (κ1) is 10.1. The molecule has 1 fully saturated rings. The van der Waals surface area contributed by atoms with E-state index in [9.17, 15) is 0 Å². The molecular weight excluding hydrogens is 144 g/mol. The summed E-state index contributed by atoms with van der Waals surface area (Å²) in [5, 5.41) is 0. The normalized spacial score (nSPS) is 35.8. The smallest absolute Gasteiger partial charge is 0.0271 e. The van der Waals surface area contributed by atoms with Crippen LogP contribution in [0.3, 0.4) is 0 Å². The zero-order valence-electron chi connectivity index (χ0n) is 9.57. The Labute approximate surface area is 77.7 Å². The summed E-state index contributed by atoms with van der Waals surface area (Å²) in [4.78, 5) is 0. The standard InChI is InChI=1S/C12H24/c1-9(2)12(6)8-10(12)7-11(3,4)5/h9-10H,7-8H2,1-6H3. The van der Waals surface area contributed by atoms with E-state index in [1.54, 1.807) is 0 Å². The summed E-state index contributed by atoms with van der Waals surface area (Å²) in [6, 6.07) is 0. The third-order valence-electron chi connectivity index (χ3n) is 3.64. The minimum Gasteiger partial charge on any atom is -0.0622 e. The van der Waals surface area contributed by atoms with Gasteiger partial charge in [0.2, 0.25) is 0 Å². The SMILES string of the molecule is CC(C)C1(C)CC1CC(C)(C)C. The van der Waals surface area contributed by atoms with Crippen molar-refractivity contribution in [3.05, 3.63) is 0 Å². The van der Waals surface area contributed by atoms with Crippen molar-refractivity contribution in [2.75, 3.05) is 0 Å². The second kappa shape index (κ2) is 2.75. The predicted octanol–water partition coefficient (Wildman–Crippen LogP) is 4.10. The number of rotatable bonds is 2. The minimum absolute atomic E-state index is 0.525. The molecule has 0 N–H and O–H groups in total. The number of hydrogen-bond acceptors (Lipinski definition) is 0. The van der Waals surface area contributed by atoms with Crippen molar-refractivity contribution in [2.24, 2.45) is 22.7 Å².